The molecule has 0 unspecified atom stereocenters. The summed E-state index contributed by atoms with van der Waals surface area (Å²) < 4.78 is 23.0. The maximum Gasteiger partial charge on any atom is 0.238 e. The topological polar surface area (TPSA) is 85.1 Å². The standard InChI is InChI=1S/C16H21N3O2S/c1-3-15(19-12(2)16-9-4-5-10-18-16)13-7-6-8-14(11-13)22(17,20)21/h4-12,15,19H,3H2,1-2H3,(H2,17,20,21)/t12-,15-/m1/s1. The maximum absolute atomic E-state index is 11.5. The minimum absolute atomic E-state index is 0.0266. The number of primary sulfonamides is 1. The fraction of sp³-hybridized carbons (Fsp3) is 0.312. The molecule has 6 heteroatoms. The van der Waals surface area contributed by atoms with Gasteiger partial charge in [-0.3, -0.25) is 4.98 Å². The molecule has 1 heterocycles. The van der Waals surface area contributed by atoms with Crippen LogP contribution in [0.3, 0.4) is 0 Å². The fourth-order valence-electron chi connectivity index (χ4n) is 2.38. The van der Waals surface area contributed by atoms with Crippen LogP contribution in [-0.2, 0) is 10.0 Å². The Bertz CT molecular complexity index is 717. The summed E-state index contributed by atoms with van der Waals surface area (Å²) in [6, 6.07) is 12.6. The van der Waals surface area contributed by atoms with Crippen LogP contribution in [0.4, 0.5) is 0 Å². The van der Waals surface area contributed by atoms with Crippen LogP contribution in [0.25, 0.3) is 0 Å². The minimum atomic E-state index is -3.69. The number of rotatable bonds is 6. The quantitative estimate of drug-likeness (QED) is 0.857. The molecule has 0 aliphatic rings. The van der Waals surface area contributed by atoms with Crippen molar-refractivity contribution in [2.24, 2.45) is 5.14 Å². The summed E-state index contributed by atoms with van der Waals surface area (Å²) in [5, 5.41) is 8.68. The Kier molecular flexibility index (Phi) is 5.28. The van der Waals surface area contributed by atoms with Gasteiger partial charge in [0.25, 0.3) is 0 Å². The number of hydrogen-bond acceptors (Lipinski definition) is 4. The molecule has 2 rings (SSSR count). The lowest BCUT2D eigenvalue weighted by Crippen LogP contribution is -2.25. The molecule has 0 aliphatic carbocycles. The second-order valence-electron chi connectivity index (χ2n) is 5.22. The van der Waals surface area contributed by atoms with Crippen LogP contribution >= 0.6 is 0 Å². The molecule has 22 heavy (non-hydrogen) atoms. The third-order valence-electron chi connectivity index (χ3n) is 3.58. The summed E-state index contributed by atoms with van der Waals surface area (Å²) in [4.78, 5) is 4.47. The van der Waals surface area contributed by atoms with Crippen molar-refractivity contribution in [2.45, 2.75) is 37.2 Å². The van der Waals surface area contributed by atoms with Crippen LogP contribution in [0.2, 0.25) is 0 Å². The molecule has 0 aliphatic heterocycles. The first kappa shape index (κ1) is 16.6. The van der Waals surface area contributed by atoms with Gasteiger partial charge in [-0.25, -0.2) is 13.6 Å². The highest BCUT2D eigenvalue weighted by atomic mass is 32.2. The van der Waals surface area contributed by atoms with Gasteiger partial charge in [0.1, 0.15) is 0 Å². The Labute approximate surface area is 131 Å². The number of nitrogens with two attached hydrogens (primary N) is 1. The molecular weight excluding hydrogens is 298 g/mol. The number of sulfonamides is 1. The predicted octanol–water partition coefficient (Wildman–Crippen LogP) is 2.53. The number of nitrogens with one attached hydrogen (secondary N) is 1. The molecule has 3 N–H and O–H groups in total. The highest BCUT2D eigenvalue weighted by molar-refractivity contribution is 7.89. The van der Waals surface area contributed by atoms with Crippen LogP contribution in [0.5, 0.6) is 0 Å². The highest BCUT2D eigenvalue weighted by Crippen LogP contribution is 2.23. The SMILES string of the molecule is CC[C@@H](N[C@H](C)c1ccccn1)c1cccc(S(N)(=O)=O)c1. The van der Waals surface area contributed by atoms with Gasteiger partial charge in [-0.05, 0) is 43.2 Å². The van der Waals surface area contributed by atoms with Gasteiger partial charge < -0.3 is 5.32 Å². The largest absolute Gasteiger partial charge is 0.302 e. The van der Waals surface area contributed by atoms with Gasteiger partial charge in [0, 0.05) is 18.3 Å². The van der Waals surface area contributed by atoms with Crippen LogP contribution in [0.15, 0.2) is 53.6 Å². The molecular formula is C16H21N3O2S. The summed E-state index contributed by atoms with van der Waals surface area (Å²) >= 11 is 0. The molecule has 0 saturated carbocycles. The molecule has 0 fully saturated rings. The zero-order valence-electron chi connectivity index (χ0n) is 12.7. The van der Waals surface area contributed by atoms with Gasteiger partial charge in [-0.1, -0.05) is 25.1 Å². The highest BCUT2D eigenvalue weighted by Gasteiger charge is 2.16. The second-order valence-corrected chi connectivity index (χ2v) is 6.78. The van der Waals surface area contributed by atoms with Crippen molar-refractivity contribution in [1.29, 1.82) is 0 Å². The van der Waals surface area contributed by atoms with E-state index in [0.29, 0.717) is 0 Å². The van der Waals surface area contributed by atoms with E-state index in [-0.39, 0.29) is 17.0 Å². The first-order valence-electron chi connectivity index (χ1n) is 7.21. The van der Waals surface area contributed by atoms with E-state index in [1.807, 2.05) is 38.1 Å². The Hall–Kier alpha value is -1.76. The number of nitrogens with zero attached hydrogens (tertiary/aromatic N) is 1. The molecule has 1 aromatic heterocycles. The first-order chi connectivity index (χ1) is 10.4. The van der Waals surface area contributed by atoms with Crippen LogP contribution in [0, 0.1) is 0 Å². The lowest BCUT2D eigenvalue weighted by atomic mass is 10.0. The Morgan fingerprint density at radius 1 is 1.23 bits per heavy atom. The molecule has 118 valence electrons. The zero-order chi connectivity index (χ0) is 16.2. The average molecular weight is 319 g/mol. The Morgan fingerprint density at radius 3 is 2.59 bits per heavy atom. The Morgan fingerprint density at radius 2 is 2.00 bits per heavy atom. The van der Waals surface area contributed by atoms with E-state index in [1.54, 1.807) is 18.3 Å². The summed E-state index contributed by atoms with van der Waals surface area (Å²) in [5.41, 5.74) is 1.85. The van der Waals surface area contributed by atoms with Crippen molar-refractivity contribution in [3.05, 3.63) is 59.9 Å². The number of hydrogen-bond donors (Lipinski definition) is 2. The van der Waals surface area contributed by atoms with E-state index in [4.69, 9.17) is 5.14 Å². The van der Waals surface area contributed by atoms with Gasteiger partial charge in [-0.15, -0.1) is 0 Å². The second kappa shape index (κ2) is 7.00. The first-order valence-corrected chi connectivity index (χ1v) is 8.76. The van der Waals surface area contributed by atoms with Crippen molar-refractivity contribution in [3.63, 3.8) is 0 Å². The Balaban J connectivity index is 2.22. The van der Waals surface area contributed by atoms with E-state index < -0.39 is 10.0 Å². The molecule has 0 amide bonds. The number of benzene rings is 1. The predicted molar refractivity (Wildman–Crippen MR) is 86.6 cm³/mol. The molecule has 1 aromatic carbocycles. The summed E-state index contributed by atoms with van der Waals surface area (Å²) in [7, 11) is -3.69. The van der Waals surface area contributed by atoms with Gasteiger partial charge in [0.05, 0.1) is 10.6 Å². The lowest BCUT2D eigenvalue weighted by Gasteiger charge is -2.22. The normalized spacial score (nSPS) is 14.5. The lowest BCUT2D eigenvalue weighted by molar-refractivity contribution is 0.449. The van der Waals surface area contributed by atoms with E-state index >= 15 is 0 Å². The number of pyridine rings is 1. The molecule has 0 bridgehead atoms. The fourth-order valence-corrected chi connectivity index (χ4v) is 2.95. The maximum atomic E-state index is 11.5. The van der Waals surface area contributed by atoms with Crippen molar-refractivity contribution in [3.8, 4) is 0 Å². The third-order valence-corrected chi connectivity index (χ3v) is 4.49. The van der Waals surface area contributed by atoms with E-state index in [2.05, 4.69) is 10.3 Å². The van der Waals surface area contributed by atoms with Crippen molar-refractivity contribution in [2.75, 3.05) is 0 Å². The van der Waals surface area contributed by atoms with Crippen LogP contribution < -0.4 is 10.5 Å². The van der Waals surface area contributed by atoms with Crippen molar-refractivity contribution >= 4 is 10.0 Å². The smallest absolute Gasteiger partial charge is 0.238 e. The summed E-state index contributed by atoms with van der Waals surface area (Å²) in [6.45, 7) is 4.08. The number of aromatic nitrogens is 1. The van der Waals surface area contributed by atoms with Gasteiger partial charge >= 0.3 is 0 Å². The molecule has 0 radical (unpaired) electrons. The minimum Gasteiger partial charge on any atom is -0.302 e. The van der Waals surface area contributed by atoms with Crippen molar-refractivity contribution < 1.29 is 8.42 Å². The molecule has 5 nitrogen and oxygen atoms in total. The average Bonchev–Trinajstić information content (AvgIpc) is 2.52. The van der Waals surface area contributed by atoms with Gasteiger partial charge in [0.2, 0.25) is 10.0 Å². The summed E-state index contributed by atoms with van der Waals surface area (Å²) in [6.07, 6.45) is 2.58. The van der Waals surface area contributed by atoms with Crippen molar-refractivity contribution in [1.82, 2.24) is 10.3 Å². The van der Waals surface area contributed by atoms with E-state index in [9.17, 15) is 8.42 Å². The van der Waals surface area contributed by atoms with Gasteiger partial charge in [0.15, 0.2) is 0 Å². The van der Waals surface area contributed by atoms with Crippen LogP contribution in [0.1, 0.15) is 43.6 Å². The molecule has 2 atom stereocenters. The molecule has 0 saturated heterocycles. The van der Waals surface area contributed by atoms with Gasteiger partial charge in [-0.2, -0.15) is 0 Å². The van der Waals surface area contributed by atoms with E-state index in [1.165, 1.54) is 6.07 Å². The monoisotopic (exact) mass is 319 g/mol. The van der Waals surface area contributed by atoms with Crippen LogP contribution in [-0.4, -0.2) is 13.4 Å². The zero-order valence-corrected chi connectivity index (χ0v) is 13.5. The molecule has 0 spiro atoms. The third kappa shape index (κ3) is 4.13. The molecule has 2 aromatic rings. The summed E-state index contributed by atoms with van der Waals surface area (Å²) in [5.74, 6) is 0. The van der Waals surface area contributed by atoms with E-state index in [0.717, 1.165) is 17.7 Å².